The number of carboxylic acid groups (broad SMARTS) is 1. The molecule has 4 rings (SSSR count). The van der Waals surface area contributed by atoms with Crippen LogP contribution in [0.4, 0.5) is 35.1 Å². The molecule has 232 valence electrons. The van der Waals surface area contributed by atoms with Crippen LogP contribution in [0.25, 0.3) is 11.1 Å². The Morgan fingerprint density at radius 2 is 1.64 bits per heavy atom. The number of carbonyl (C=O) groups is 2. The van der Waals surface area contributed by atoms with Crippen molar-refractivity contribution >= 4 is 11.9 Å². The zero-order valence-corrected chi connectivity index (χ0v) is 22.5. The minimum absolute atomic E-state index is 0.0301. The summed E-state index contributed by atoms with van der Waals surface area (Å²) in [6.07, 6.45) is -7.92. The third kappa shape index (κ3) is 6.98. The van der Waals surface area contributed by atoms with Gasteiger partial charge in [0.15, 0.2) is 0 Å². The van der Waals surface area contributed by atoms with Crippen LogP contribution in [0.2, 0.25) is 0 Å². The Bertz CT molecular complexity index is 1790. The predicted octanol–water partition coefficient (Wildman–Crippen LogP) is 6.28. The van der Waals surface area contributed by atoms with Gasteiger partial charge in [0.25, 0.3) is 5.91 Å². The minimum atomic E-state index is -5.14. The van der Waals surface area contributed by atoms with Crippen LogP contribution < -0.4 is 10.9 Å². The number of benzene rings is 3. The summed E-state index contributed by atoms with van der Waals surface area (Å²) in [5.74, 6) is -5.60. The number of nitrogens with zero attached hydrogens (tertiary/aromatic N) is 2. The smallest absolute Gasteiger partial charge is 0.417 e. The van der Waals surface area contributed by atoms with Crippen LogP contribution in [0.5, 0.6) is 0 Å². The lowest BCUT2D eigenvalue weighted by atomic mass is 9.94. The zero-order chi connectivity index (χ0) is 32.6. The van der Waals surface area contributed by atoms with E-state index < -0.39 is 76.1 Å². The molecule has 0 saturated carbocycles. The van der Waals surface area contributed by atoms with Gasteiger partial charge in [0.2, 0.25) is 5.62 Å². The molecule has 0 fully saturated rings. The average molecular weight is 627 g/mol. The molecule has 0 aliphatic carbocycles. The first-order chi connectivity index (χ1) is 20.5. The summed E-state index contributed by atoms with van der Waals surface area (Å²) in [6, 6.07) is 5.32. The summed E-state index contributed by atoms with van der Waals surface area (Å²) in [4.78, 5) is 24.9. The number of carbonyl (C=O) groups excluding carboxylic acids is 1. The van der Waals surface area contributed by atoms with Crippen LogP contribution in [0.15, 0.2) is 67.0 Å². The fourth-order valence-electron chi connectivity index (χ4n) is 4.57. The zero-order valence-electron chi connectivity index (χ0n) is 22.5. The second-order valence-corrected chi connectivity index (χ2v) is 9.80. The number of alkyl halides is 6. The Balaban J connectivity index is 1.86. The highest BCUT2D eigenvalue weighted by atomic mass is 19.4. The standard InChI is InChI=1S/C29H22F8N4O3/c1-40-7-8-41(27(40)38)14-15-9-20(19-6-5-18(30)12-22(19)29(35,36)37)25(31)21(10-15)26(44)39-23(13-24(42)43)16-3-2-4-17(11-16)28(32,33)34/h2-12,23,38H,13-14H2,1H3,(H,39,44)(H,42,43). The number of carboxylic acids is 1. The maximum Gasteiger partial charge on any atom is 0.417 e. The summed E-state index contributed by atoms with van der Waals surface area (Å²) in [5.41, 5.74) is -5.41. The van der Waals surface area contributed by atoms with Gasteiger partial charge in [-0.1, -0.05) is 18.2 Å². The van der Waals surface area contributed by atoms with E-state index in [2.05, 4.69) is 5.32 Å². The van der Waals surface area contributed by atoms with Crippen molar-refractivity contribution in [3.63, 3.8) is 0 Å². The fraction of sp³-hybridized carbons (Fsp3) is 0.207. The van der Waals surface area contributed by atoms with Crippen molar-refractivity contribution in [1.82, 2.24) is 14.5 Å². The van der Waals surface area contributed by atoms with Gasteiger partial charge in [0.05, 0.1) is 35.7 Å². The van der Waals surface area contributed by atoms with E-state index in [1.807, 2.05) is 0 Å². The van der Waals surface area contributed by atoms with Gasteiger partial charge in [-0.15, -0.1) is 0 Å². The summed E-state index contributed by atoms with van der Waals surface area (Å²) >= 11 is 0. The van der Waals surface area contributed by atoms with Crippen molar-refractivity contribution in [3.05, 3.63) is 112 Å². The first kappa shape index (κ1) is 32.0. The van der Waals surface area contributed by atoms with Crippen LogP contribution in [0.1, 0.15) is 45.1 Å². The molecule has 1 atom stereocenters. The van der Waals surface area contributed by atoms with Gasteiger partial charge in [-0.3, -0.25) is 15.0 Å². The number of hydrogen-bond donors (Lipinski definition) is 3. The molecule has 0 saturated heterocycles. The minimum Gasteiger partial charge on any atom is -0.481 e. The molecular weight excluding hydrogens is 604 g/mol. The Morgan fingerprint density at radius 3 is 2.23 bits per heavy atom. The molecule has 1 aromatic heterocycles. The van der Waals surface area contributed by atoms with Gasteiger partial charge >= 0.3 is 18.3 Å². The Labute approximate surface area is 243 Å². The first-order valence-electron chi connectivity index (χ1n) is 12.6. The fourth-order valence-corrected chi connectivity index (χ4v) is 4.57. The number of rotatable bonds is 8. The maximum absolute atomic E-state index is 16.0. The average Bonchev–Trinajstić information content (AvgIpc) is 3.24. The highest BCUT2D eigenvalue weighted by Crippen LogP contribution is 2.39. The molecule has 7 nitrogen and oxygen atoms in total. The summed E-state index contributed by atoms with van der Waals surface area (Å²) in [5, 5.41) is 19.7. The van der Waals surface area contributed by atoms with Crippen molar-refractivity contribution in [2.24, 2.45) is 7.05 Å². The number of halogens is 8. The van der Waals surface area contributed by atoms with Crippen molar-refractivity contribution in [1.29, 1.82) is 5.41 Å². The third-order valence-corrected chi connectivity index (χ3v) is 6.68. The molecule has 1 heterocycles. The molecule has 44 heavy (non-hydrogen) atoms. The molecule has 3 aromatic carbocycles. The monoisotopic (exact) mass is 626 g/mol. The van der Waals surface area contributed by atoms with E-state index in [0.29, 0.717) is 18.2 Å². The predicted molar refractivity (Wildman–Crippen MR) is 139 cm³/mol. The van der Waals surface area contributed by atoms with Crippen molar-refractivity contribution in [3.8, 4) is 11.1 Å². The maximum atomic E-state index is 16.0. The molecule has 1 unspecified atom stereocenters. The van der Waals surface area contributed by atoms with Crippen LogP contribution in [0, 0.1) is 17.0 Å². The lowest BCUT2D eigenvalue weighted by molar-refractivity contribution is -0.138. The number of amides is 1. The van der Waals surface area contributed by atoms with Crippen molar-refractivity contribution in [2.45, 2.75) is 31.4 Å². The number of hydrogen-bond acceptors (Lipinski definition) is 3. The SMILES string of the molecule is Cn1ccn(Cc2cc(C(=O)NC(CC(=O)O)c3cccc(C(F)(F)F)c3)c(F)c(-c3ccc(F)cc3C(F)(F)F)c2)c1=N. The lowest BCUT2D eigenvalue weighted by Crippen LogP contribution is -2.31. The van der Waals surface area contributed by atoms with Crippen LogP contribution in [0.3, 0.4) is 0 Å². The quantitative estimate of drug-likeness (QED) is 0.201. The Kier molecular flexibility index (Phi) is 8.70. The Morgan fingerprint density at radius 1 is 0.932 bits per heavy atom. The summed E-state index contributed by atoms with van der Waals surface area (Å²) < 4.78 is 114. The molecule has 0 spiro atoms. The van der Waals surface area contributed by atoms with Crippen molar-refractivity contribution < 1.29 is 49.8 Å². The largest absolute Gasteiger partial charge is 0.481 e. The molecule has 15 heteroatoms. The molecule has 0 aliphatic rings. The number of aromatic nitrogens is 2. The normalized spacial score (nSPS) is 12.7. The van der Waals surface area contributed by atoms with E-state index in [9.17, 15) is 45.4 Å². The highest BCUT2D eigenvalue weighted by molar-refractivity contribution is 5.97. The van der Waals surface area contributed by atoms with Gasteiger partial charge in [-0.25, -0.2) is 8.78 Å². The lowest BCUT2D eigenvalue weighted by Gasteiger charge is -2.21. The number of imidazole rings is 1. The second-order valence-electron chi connectivity index (χ2n) is 9.80. The van der Waals surface area contributed by atoms with E-state index >= 15 is 4.39 Å². The third-order valence-electron chi connectivity index (χ3n) is 6.68. The second kappa shape index (κ2) is 12.0. The van der Waals surface area contributed by atoms with E-state index in [1.54, 1.807) is 0 Å². The number of aryl methyl sites for hydroxylation is 1. The van der Waals surface area contributed by atoms with Crippen LogP contribution in [-0.4, -0.2) is 26.1 Å². The van der Waals surface area contributed by atoms with Crippen LogP contribution >= 0.6 is 0 Å². The Hall–Kier alpha value is -4.95. The van der Waals surface area contributed by atoms with E-state index in [1.165, 1.54) is 28.6 Å². The number of aliphatic carboxylic acids is 1. The van der Waals surface area contributed by atoms with Crippen molar-refractivity contribution in [2.75, 3.05) is 0 Å². The molecular formula is C29H22F8N4O3. The van der Waals surface area contributed by atoms with E-state index in [0.717, 1.165) is 30.3 Å². The highest BCUT2D eigenvalue weighted by Gasteiger charge is 2.36. The molecule has 0 radical (unpaired) electrons. The summed E-state index contributed by atoms with van der Waals surface area (Å²) in [7, 11) is 1.54. The van der Waals surface area contributed by atoms with Gasteiger partial charge in [0.1, 0.15) is 11.6 Å². The molecule has 0 aliphatic heterocycles. The van der Waals surface area contributed by atoms with Crippen LogP contribution in [-0.2, 0) is 30.7 Å². The van der Waals surface area contributed by atoms with Gasteiger partial charge < -0.3 is 19.6 Å². The molecule has 4 aromatic rings. The van der Waals surface area contributed by atoms with E-state index in [4.69, 9.17) is 5.41 Å². The summed E-state index contributed by atoms with van der Waals surface area (Å²) in [6.45, 7) is -0.234. The van der Waals surface area contributed by atoms with E-state index in [-0.39, 0.29) is 29.4 Å². The molecule has 1 amide bonds. The number of nitrogens with one attached hydrogen (secondary N) is 2. The van der Waals surface area contributed by atoms with Gasteiger partial charge in [0, 0.05) is 25.0 Å². The topological polar surface area (TPSA) is 100 Å². The molecule has 0 bridgehead atoms. The van der Waals surface area contributed by atoms with Gasteiger partial charge in [-0.05, 0) is 53.1 Å². The van der Waals surface area contributed by atoms with Gasteiger partial charge in [-0.2, -0.15) is 26.3 Å². The first-order valence-corrected chi connectivity index (χ1v) is 12.6. The molecule has 3 N–H and O–H groups in total.